The molecule has 2 saturated heterocycles. The van der Waals surface area contributed by atoms with E-state index < -0.39 is 0 Å². The molecule has 2 aliphatic heterocycles. The standard InChI is InChI=1S/C20H31N5OS/c1-16-15-20(2,3)22-19(27)25(16)10-6-8-18(26)24-13-11-23(12-14-24)17-7-4-5-9-21-17/h4-5,7,9,16H,6,8,10-15H2,1-3H3,(H,22,27). The molecule has 1 atom stereocenters. The number of thiocarbonyl (C=S) groups is 1. The lowest BCUT2D eigenvalue weighted by Gasteiger charge is -2.45. The highest BCUT2D eigenvalue weighted by Crippen LogP contribution is 2.22. The maximum absolute atomic E-state index is 12.6. The quantitative estimate of drug-likeness (QED) is 0.780. The summed E-state index contributed by atoms with van der Waals surface area (Å²) < 4.78 is 0. The highest BCUT2D eigenvalue weighted by molar-refractivity contribution is 7.80. The molecule has 6 nitrogen and oxygen atoms in total. The van der Waals surface area contributed by atoms with E-state index in [0.717, 1.165) is 56.5 Å². The normalized spacial score (nSPS) is 22.6. The number of pyridine rings is 1. The van der Waals surface area contributed by atoms with Crippen molar-refractivity contribution in [2.75, 3.05) is 37.6 Å². The van der Waals surface area contributed by atoms with Gasteiger partial charge in [-0.15, -0.1) is 0 Å². The van der Waals surface area contributed by atoms with Gasteiger partial charge >= 0.3 is 0 Å². The summed E-state index contributed by atoms with van der Waals surface area (Å²) in [5.74, 6) is 1.24. The minimum atomic E-state index is 0.0517. The van der Waals surface area contributed by atoms with Crippen molar-refractivity contribution in [2.24, 2.45) is 0 Å². The second kappa shape index (κ2) is 8.42. The van der Waals surface area contributed by atoms with Gasteiger partial charge < -0.3 is 20.0 Å². The van der Waals surface area contributed by atoms with E-state index in [2.05, 4.69) is 40.9 Å². The van der Waals surface area contributed by atoms with Crippen LogP contribution in [-0.2, 0) is 4.79 Å². The van der Waals surface area contributed by atoms with E-state index in [1.165, 1.54) is 0 Å². The molecular weight excluding hydrogens is 358 g/mol. The molecule has 3 rings (SSSR count). The number of amides is 1. The molecule has 0 bridgehead atoms. The van der Waals surface area contributed by atoms with Crippen molar-refractivity contribution in [2.45, 2.75) is 51.6 Å². The third-order valence-electron chi connectivity index (χ3n) is 5.44. The maximum Gasteiger partial charge on any atom is 0.222 e. The lowest BCUT2D eigenvalue weighted by Crippen LogP contribution is -2.60. The van der Waals surface area contributed by atoms with Gasteiger partial charge in [0.15, 0.2) is 5.11 Å². The first kappa shape index (κ1) is 19.9. The summed E-state index contributed by atoms with van der Waals surface area (Å²) in [6, 6.07) is 6.36. The summed E-state index contributed by atoms with van der Waals surface area (Å²) in [6.45, 7) is 10.6. The molecule has 2 fully saturated rings. The molecule has 0 saturated carbocycles. The lowest BCUT2D eigenvalue weighted by atomic mass is 9.93. The van der Waals surface area contributed by atoms with Crippen LogP contribution >= 0.6 is 12.2 Å². The Labute approximate surface area is 167 Å². The zero-order valence-electron chi connectivity index (χ0n) is 16.6. The largest absolute Gasteiger partial charge is 0.358 e. The van der Waals surface area contributed by atoms with Crippen LogP contribution in [0.4, 0.5) is 5.82 Å². The van der Waals surface area contributed by atoms with Crippen molar-refractivity contribution in [1.82, 2.24) is 20.1 Å². The van der Waals surface area contributed by atoms with Gasteiger partial charge in [0.05, 0.1) is 0 Å². The fourth-order valence-corrected chi connectivity index (χ4v) is 4.62. The van der Waals surface area contributed by atoms with Crippen LogP contribution in [0.3, 0.4) is 0 Å². The highest BCUT2D eigenvalue weighted by atomic mass is 32.1. The number of nitrogens with one attached hydrogen (secondary N) is 1. The smallest absolute Gasteiger partial charge is 0.222 e. The van der Waals surface area contributed by atoms with Gasteiger partial charge in [0.2, 0.25) is 5.91 Å². The molecule has 1 aromatic heterocycles. The number of carbonyl (C=O) groups excluding carboxylic acids is 1. The van der Waals surface area contributed by atoms with Gasteiger partial charge in [-0.3, -0.25) is 4.79 Å². The number of anilines is 1. The van der Waals surface area contributed by atoms with Gasteiger partial charge in [-0.1, -0.05) is 6.07 Å². The SMILES string of the molecule is CC1CC(C)(C)NC(=S)N1CCCC(=O)N1CCN(c2ccccn2)CC1. The maximum atomic E-state index is 12.6. The zero-order valence-corrected chi connectivity index (χ0v) is 17.5. The monoisotopic (exact) mass is 389 g/mol. The molecule has 1 unspecified atom stereocenters. The van der Waals surface area contributed by atoms with Gasteiger partial charge in [0.1, 0.15) is 5.82 Å². The molecule has 3 heterocycles. The van der Waals surface area contributed by atoms with Crippen molar-refractivity contribution in [3.8, 4) is 0 Å². The number of aromatic nitrogens is 1. The predicted octanol–water partition coefficient (Wildman–Crippen LogP) is 2.26. The van der Waals surface area contributed by atoms with Crippen LogP contribution in [0.1, 0.15) is 40.0 Å². The third-order valence-corrected chi connectivity index (χ3v) is 5.78. The predicted molar refractivity (Wildman–Crippen MR) is 113 cm³/mol. The third kappa shape index (κ3) is 5.09. The summed E-state index contributed by atoms with van der Waals surface area (Å²) in [7, 11) is 0. The van der Waals surface area contributed by atoms with Crippen LogP contribution in [0.2, 0.25) is 0 Å². The van der Waals surface area contributed by atoms with E-state index in [-0.39, 0.29) is 11.4 Å². The van der Waals surface area contributed by atoms with Crippen LogP contribution in [0, 0.1) is 0 Å². The number of hydrogen-bond donors (Lipinski definition) is 1. The van der Waals surface area contributed by atoms with Crippen LogP contribution in [0.5, 0.6) is 0 Å². The molecule has 1 amide bonds. The average molecular weight is 390 g/mol. The fraction of sp³-hybridized carbons (Fsp3) is 0.650. The number of carbonyl (C=O) groups is 1. The Morgan fingerprint density at radius 2 is 2.04 bits per heavy atom. The molecule has 2 aliphatic rings. The van der Waals surface area contributed by atoms with E-state index in [4.69, 9.17) is 12.2 Å². The Bertz CT molecular complexity index is 658. The van der Waals surface area contributed by atoms with Crippen LogP contribution in [-0.4, -0.2) is 70.1 Å². The number of nitrogens with zero attached hydrogens (tertiary/aromatic N) is 4. The van der Waals surface area contributed by atoms with E-state index in [1.807, 2.05) is 29.3 Å². The Morgan fingerprint density at radius 1 is 1.30 bits per heavy atom. The first-order valence-electron chi connectivity index (χ1n) is 9.88. The first-order chi connectivity index (χ1) is 12.9. The van der Waals surface area contributed by atoms with Gasteiger partial charge in [-0.25, -0.2) is 4.98 Å². The lowest BCUT2D eigenvalue weighted by molar-refractivity contribution is -0.131. The molecule has 1 aromatic rings. The minimum absolute atomic E-state index is 0.0517. The van der Waals surface area contributed by atoms with Crippen LogP contribution in [0.15, 0.2) is 24.4 Å². The van der Waals surface area contributed by atoms with Crippen LogP contribution < -0.4 is 10.2 Å². The first-order valence-corrected chi connectivity index (χ1v) is 10.3. The number of rotatable bonds is 5. The van der Waals surface area contributed by atoms with Crippen molar-refractivity contribution in [3.63, 3.8) is 0 Å². The molecule has 0 spiro atoms. The summed E-state index contributed by atoms with van der Waals surface area (Å²) in [6.07, 6.45) is 4.29. The van der Waals surface area contributed by atoms with Crippen molar-refractivity contribution in [3.05, 3.63) is 24.4 Å². The number of hydrogen-bond acceptors (Lipinski definition) is 4. The van der Waals surface area contributed by atoms with Gasteiger partial charge in [-0.2, -0.15) is 0 Å². The van der Waals surface area contributed by atoms with Crippen molar-refractivity contribution in [1.29, 1.82) is 0 Å². The zero-order chi connectivity index (χ0) is 19.4. The van der Waals surface area contributed by atoms with E-state index in [0.29, 0.717) is 12.5 Å². The second-order valence-electron chi connectivity index (χ2n) is 8.22. The summed E-state index contributed by atoms with van der Waals surface area (Å²) in [5, 5.41) is 4.22. The van der Waals surface area contributed by atoms with Crippen molar-refractivity contribution < 1.29 is 4.79 Å². The minimum Gasteiger partial charge on any atom is -0.358 e. The van der Waals surface area contributed by atoms with E-state index >= 15 is 0 Å². The Kier molecular flexibility index (Phi) is 6.19. The summed E-state index contributed by atoms with van der Waals surface area (Å²) >= 11 is 5.52. The number of piperazine rings is 1. The molecule has 0 radical (unpaired) electrons. The molecule has 27 heavy (non-hydrogen) atoms. The van der Waals surface area contributed by atoms with Crippen molar-refractivity contribution >= 4 is 29.1 Å². The molecule has 7 heteroatoms. The Hall–Kier alpha value is -1.89. The van der Waals surface area contributed by atoms with E-state index in [9.17, 15) is 4.79 Å². The molecule has 148 valence electrons. The fourth-order valence-electron chi connectivity index (χ4n) is 4.07. The van der Waals surface area contributed by atoms with Crippen LogP contribution in [0.25, 0.3) is 0 Å². The van der Waals surface area contributed by atoms with E-state index in [1.54, 1.807) is 0 Å². The molecule has 0 aromatic carbocycles. The van der Waals surface area contributed by atoms with Gasteiger partial charge in [0.25, 0.3) is 0 Å². The summed E-state index contributed by atoms with van der Waals surface area (Å²) in [5.41, 5.74) is 0.0517. The second-order valence-corrected chi connectivity index (χ2v) is 8.61. The molecular formula is C20H31N5OS. The topological polar surface area (TPSA) is 51.7 Å². The van der Waals surface area contributed by atoms with Gasteiger partial charge in [0, 0.05) is 56.9 Å². The molecule has 0 aliphatic carbocycles. The highest BCUT2D eigenvalue weighted by Gasteiger charge is 2.32. The average Bonchev–Trinajstić information content (AvgIpc) is 2.64. The Morgan fingerprint density at radius 3 is 2.67 bits per heavy atom. The van der Waals surface area contributed by atoms with Gasteiger partial charge in [-0.05, 0) is 58.0 Å². The summed E-state index contributed by atoms with van der Waals surface area (Å²) in [4.78, 5) is 23.4. The molecule has 1 N–H and O–H groups in total. The Balaban J connectivity index is 1.41.